The van der Waals surface area contributed by atoms with Crippen LogP contribution in [-0.2, 0) is 6.42 Å². The van der Waals surface area contributed by atoms with Gasteiger partial charge in [0.05, 0.1) is 13.7 Å². The molecular weight excluding hydrogens is 240 g/mol. The van der Waals surface area contributed by atoms with Crippen molar-refractivity contribution in [2.45, 2.75) is 31.8 Å². The van der Waals surface area contributed by atoms with Gasteiger partial charge in [-0.15, -0.1) is 0 Å². The van der Waals surface area contributed by atoms with Crippen molar-refractivity contribution in [1.29, 1.82) is 0 Å². The zero-order chi connectivity index (χ0) is 14.3. The summed E-state index contributed by atoms with van der Waals surface area (Å²) in [5, 5.41) is 8.93. The van der Waals surface area contributed by atoms with Crippen LogP contribution >= 0.6 is 0 Å². The molecule has 0 amide bonds. The number of benzene rings is 1. The summed E-state index contributed by atoms with van der Waals surface area (Å²) in [5.41, 5.74) is 6.94. The van der Waals surface area contributed by atoms with E-state index in [4.69, 9.17) is 15.6 Å². The minimum absolute atomic E-state index is 0.0503. The fourth-order valence-electron chi connectivity index (χ4n) is 2.03. The van der Waals surface area contributed by atoms with Crippen molar-refractivity contribution < 1.29 is 9.84 Å². The number of methoxy groups -OCH3 is 1. The number of para-hydroxylation sites is 1. The molecule has 108 valence electrons. The van der Waals surface area contributed by atoms with Crippen LogP contribution < -0.4 is 10.5 Å². The van der Waals surface area contributed by atoms with Crippen molar-refractivity contribution in [3.8, 4) is 5.75 Å². The highest BCUT2D eigenvalue weighted by molar-refractivity contribution is 5.33. The molecular formula is C15H26N2O2. The average molecular weight is 266 g/mol. The first kappa shape index (κ1) is 16.0. The topological polar surface area (TPSA) is 58.7 Å². The van der Waals surface area contributed by atoms with E-state index in [9.17, 15) is 0 Å². The van der Waals surface area contributed by atoms with Gasteiger partial charge in [-0.1, -0.05) is 18.2 Å². The van der Waals surface area contributed by atoms with Gasteiger partial charge < -0.3 is 20.5 Å². The Hall–Kier alpha value is -1.10. The molecule has 0 aliphatic rings. The van der Waals surface area contributed by atoms with Crippen molar-refractivity contribution in [1.82, 2.24) is 4.90 Å². The molecule has 1 rings (SSSR count). The van der Waals surface area contributed by atoms with Gasteiger partial charge >= 0.3 is 0 Å². The molecule has 0 saturated heterocycles. The molecule has 1 aromatic carbocycles. The Morgan fingerprint density at radius 1 is 1.37 bits per heavy atom. The van der Waals surface area contributed by atoms with E-state index in [-0.39, 0.29) is 12.6 Å². The Labute approximate surface area is 116 Å². The van der Waals surface area contributed by atoms with Crippen molar-refractivity contribution in [2.24, 2.45) is 5.73 Å². The van der Waals surface area contributed by atoms with E-state index in [1.165, 1.54) is 5.56 Å². The highest BCUT2D eigenvalue weighted by Gasteiger charge is 2.13. The van der Waals surface area contributed by atoms with Crippen LogP contribution in [0.1, 0.15) is 18.9 Å². The van der Waals surface area contributed by atoms with E-state index in [1.54, 1.807) is 7.11 Å². The molecule has 2 atom stereocenters. The number of hydrogen-bond acceptors (Lipinski definition) is 4. The number of nitrogens with zero attached hydrogens (tertiary/aromatic N) is 1. The normalized spacial score (nSPS) is 14.4. The monoisotopic (exact) mass is 266 g/mol. The van der Waals surface area contributed by atoms with Crippen LogP contribution in [0.15, 0.2) is 24.3 Å². The third-order valence-electron chi connectivity index (χ3n) is 3.55. The quantitative estimate of drug-likeness (QED) is 0.744. The second kappa shape index (κ2) is 8.15. The van der Waals surface area contributed by atoms with Gasteiger partial charge in [-0.05, 0) is 45.0 Å². The van der Waals surface area contributed by atoms with Crippen LogP contribution in [0.3, 0.4) is 0 Å². The molecule has 3 N–H and O–H groups in total. The van der Waals surface area contributed by atoms with Crippen molar-refractivity contribution >= 4 is 0 Å². The first-order valence-electron chi connectivity index (χ1n) is 6.77. The molecule has 0 heterocycles. The number of nitrogens with two attached hydrogens (primary N) is 1. The van der Waals surface area contributed by atoms with Crippen LogP contribution in [0, 0.1) is 0 Å². The maximum atomic E-state index is 8.93. The molecule has 4 heteroatoms. The molecule has 0 aromatic heterocycles. The molecule has 0 spiro atoms. The molecule has 0 fully saturated rings. The Morgan fingerprint density at radius 3 is 2.68 bits per heavy atom. The van der Waals surface area contributed by atoms with Gasteiger partial charge in [0.1, 0.15) is 5.75 Å². The summed E-state index contributed by atoms with van der Waals surface area (Å²) in [7, 11) is 3.79. The van der Waals surface area contributed by atoms with Crippen molar-refractivity contribution in [3.63, 3.8) is 0 Å². The molecule has 0 radical (unpaired) electrons. The zero-order valence-electron chi connectivity index (χ0n) is 12.2. The van der Waals surface area contributed by atoms with Crippen LogP contribution in [-0.4, -0.2) is 49.4 Å². The van der Waals surface area contributed by atoms with Gasteiger partial charge in [0.2, 0.25) is 0 Å². The van der Waals surface area contributed by atoms with Gasteiger partial charge in [-0.2, -0.15) is 0 Å². The fraction of sp³-hybridized carbons (Fsp3) is 0.600. The first-order chi connectivity index (χ1) is 9.08. The number of likely N-dealkylation sites (N-methyl/N-ethyl adjacent to an activating group) is 1. The zero-order valence-corrected chi connectivity index (χ0v) is 12.2. The Bertz CT molecular complexity index is 371. The average Bonchev–Trinajstić information content (AvgIpc) is 2.44. The van der Waals surface area contributed by atoms with E-state index in [1.807, 2.05) is 18.2 Å². The van der Waals surface area contributed by atoms with Gasteiger partial charge in [-0.3, -0.25) is 0 Å². The van der Waals surface area contributed by atoms with Crippen molar-refractivity contribution in [2.75, 3.05) is 27.3 Å². The fourth-order valence-corrected chi connectivity index (χ4v) is 2.03. The van der Waals surface area contributed by atoms with E-state index in [0.29, 0.717) is 6.04 Å². The van der Waals surface area contributed by atoms with E-state index >= 15 is 0 Å². The SMILES string of the molecule is COc1ccccc1CC(C)N(C)CCC(N)CO. The van der Waals surface area contributed by atoms with E-state index in [0.717, 1.165) is 25.1 Å². The summed E-state index contributed by atoms with van der Waals surface area (Å²) < 4.78 is 5.37. The molecule has 0 aliphatic carbocycles. The smallest absolute Gasteiger partial charge is 0.122 e. The standard InChI is InChI=1S/C15H26N2O2/c1-12(17(2)9-8-14(16)11-18)10-13-6-4-5-7-15(13)19-3/h4-7,12,14,18H,8-11,16H2,1-3H3. The van der Waals surface area contributed by atoms with E-state index in [2.05, 4.69) is 24.9 Å². The van der Waals surface area contributed by atoms with Gasteiger partial charge in [0.15, 0.2) is 0 Å². The molecule has 2 unspecified atom stereocenters. The maximum Gasteiger partial charge on any atom is 0.122 e. The number of ether oxygens (including phenoxy) is 1. The summed E-state index contributed by atoms with van der Waals surface area (Å²) >= 11 is 0. The number of rotatable bonds is 8. The first-order valence-corrected chi connectivity index (χ1v) is 6.77. The second-order valence-electron chi connectivity index (χ2n) is 5.08. The molecule has 1 aromatic rings. The van der Waals surface area contributed by atoms with Crippen LogP contribution in [0.5, 0.6) is 5.75 Å². The molecule has 19 heavy (non-hydrogen) atoms. The summed E-state index contributed by atoms with van der Waals surface area (Å²) in [6.07, 6.45) is 1.75. The molecule has 0 bridgehead atoms. The van der Waals surface area contributed by atoms with Crippen LogP contribution in [0.2, 0.25) is 0 Å². The minimum Gasteiger partial charge on any atom is -0.496 e. The third kappa shape index (κ3) is 5.19. The Morgan fingerprint density at radius 2 is 2.05 bits per heavy atom. The highest BCUT2D eigenvalue weighted by atomic mass is 16.5. The number of aliphatic hydroxyl groups is 1. The number of aliphatic hydroxyl groups excluding tert-OH is 1. The highest BCUT2D eigenvalue weighted by Crippen LogP contribution is 2.20. The van der Waals surface area contributed by atoms with Gasteiger partial charge in [0, 0.05) is 12.1 Å². The Balaban J connectivity index is 2.51. The van der Waals surface area contributed by atoms with Crippen molar-refractivity contribution in [3.05, 3.63) is 29.8 Å². The lowest BCUT2D eigenvalue weighted by Crippen LogP contribution is -2.36. The summed E-state index contributed by atoms with van der Waals surface area (Å²) in [6, 6.07) is 8.39. The predicted molar refractivity (Wildman–Crippen MR) is 78.5 cm³/mol. The van der Waals surface area contributed by atoms with Crippen LogP contribution in [0.4, 0.5) is 0 Å². The molecule has 0 aliphatic heterocycles. The maximum absolute atomic E-state index is 8.93. The van der Waals surface area contributed by atoms with Gasteiger partial charge in [-0.25, -0.2) is 0 Å². The van der Waals surface area contributed by atoms with Crippen LogP contribution in [0.25, 0.3) is 0 Å². The second-order valence-corrected chi connectivity index (χ2v) is 5.08. The van der Waals surface area contributed by atoms with Gasteiger partial charge in [0.25, 0.3) is 0 Å². The lowest BCUT2D eigenvalue weighted by molar-refractivity contribution is 0.215. The number of hydrogen-bond donors (Lipinski definition) is 2. The lowest BCUT2D eigenvalue weighted by atomic mass is 10.0. The largest absolute Gasteiger partial charge is 0.496 e. The molecule has 4 nitrogen and oxygen atoms in total. The summed E-state index contributed by atoms with van der Waals surface area (Å²) in [4.78, 5) is 2.27. The summed E-state index contributed by atoms with van der Waals surface area (Å²) in [6.45, 7) is 3.13. The third-order valence-corrected chi connectivity index (χ3v) is 3.55. The molecule has 0 saturated carbocycles. The van der Waals surface area contributed by atoms with E-state index < -0.39 is 0 Å². The Kier molecular flexibility index (Phi) is 6.84. The lowest BCUT2D eigenvalue weighted by Gasteiger charge is -2.26. The minimum atomic E-state index is -0.124. The predicted octanol–water partition coefficient (Wildman–Crippen LogP) is 1.27. The summed E-state index contributed by atoms with van der Waals surface area (Å²) in [5.74, 6) is 0.940.